The van der Waals surface area contributed by atoms with Crippen LogP contribution in [0.25, 0.3) is 21.8 Å². The van der Waals surface area contributed by atoms with E-state index < -0.39 is 0 Å². The molecule has 4 heterocycles. The highest BCUT2D eigenvalue weighted by Gasteiger charge is 2.06. The van der Waals surface area contributed by atoms with E-state index in [1.54, 1.807) is 21.5 Å². The molecule has 0 bridgehead atoms. The molecule has 6 rings (SSSR count). The van der Waals surface area contributed by atoms with Crippen LogP contribution in [0.4, 0.5) is 11.6 Å². The smallest absolute Gasteiger partial charge is 0.134 e. The van der Waals surface area contributed by atoms with Crippen molar-refractivity contribution in [3.63, 3.8) is 0 Å². The lowest BCUT2D eigenvalue weighted by molar-refractivity contribution is 0.113. The maximum Gasteiger partial charge on any atom is 0.134 e. The van der Waals surface area contributed by atoms with E-state index in [-0.39, 0.29) is 0 Å². The molecule has 0 atom stereocenters. The van der Waals surface area contributed by atoms with E-state index in [9.17, 15) is 0 Å². The minimum Gasteiger partial charge on any atom is -0.487 e. The summed E-state index contributed by atoms with van der Waals surface area (Å²) in [4.78, 5) is 8.59. The Morgan fingerprint density at radius 1 is 0.610 bits per heavy atom. The van der Waals surface area contributed by atoms with Gasteiger partial charge in [-0.1, -0.05) is 10.4 Å². The van der Waals surface area contributed by atoms with E-state index in [2.05, 4.69) is 30.6 Å². The van der Waals surface area contributed by atoms with E-state index in [4.69, 9.17) is 25.7 Å². The molecule has 6 aromatic rings. The lowest BCUT2D eigenvalue weighted by Gasteiger charge is -2.06. The van der Waals surface area contributed by atoms with E-state index in [0.717, 1.165) is 44.7 Å². The number of pyridine rings is 2. The number of ether oxygens (including phenoxy) is 3. The van der Waals surface area contributed by atoms with Crippen LogP contribution < -0.4 is 20.9 Å². The van der Waals surface area contributed by atoms with Gasteiger partial charge in [-0.25, -0.2) is 19.3 Å². The first-order valence-corrected chi connectivity index (χ1v) is 13.0. The molecule has 0 saturated heterocycles. The predicted octanol–water partition coefficient (Wildman–Crippen LogP) is 3.01. The van der Waals surface area contributed by atoms with Gasteiger partial charge in [0, 0.05) is 10.8 Å². The van der Waals surface area contributed by atoms with Crippen molar-refractivity contribution in [2.24, 2.45) is 0 Å². The molecular formula is C28H28N10O3. The van der Waals surface area contributed by atoms with Gasteiger partial charge in [0.25, 0.3) is 0 Å². The number of hydrogen-bond donors (Lipinski definition) is 2. The largest absolute Gasteiger partial charge is 0.487 e. The maximum atomic E-state index is 5.86. The third-order valence-corrected chi connectivity index (χ3v) is 6.24. The number of anilines is 2. The highest BCUT2D eigenvalue weighted by Crippen LogP contribution is 2.22. The Labute approximate surface area is 234 Å². The van der Waals surface area contributed by atoms with Crippen LogP contribution in [0.3, 0.4) is 0 Å². The maximum absolute atomic E-state index is 5.86. The summed E-state index contributed by atoms with van der Waals surface area (Å²) < 4.78 is 20.9. The van der Waals surface area contributed by atoms with Crippen LogP contribution in [-0.4, -0.2) is 53.2 Å². The second-order valence-corrected chi connectivity index (χ2v) is 9.32. The standard InChI is InChI=1S/C28H28N10O3/c29-27-7-1-19-13-23(3-5-25(19)31-27)40-17-21-15-37(35-33-21)9-11-39-12-10-38-16-22(34-36-38)18-41-24-4-6-26-20(14-24)2-8-28(30)32-26/h1-8,13-16H,9-12,17-18H2,(H2,29,31)(H2,30,32). The molecule has 0 saturated carbocycles. The van der Waals surface area contributed by atoms with Gasteiger partial charge < -0.3 is 25.7 Å². The molecule has 0 radical (unpaired) electrons. The van der Waals surface area contributed by atoms with Crippen LogP contribution in [-0.2, 0) is 31.0 Å². The third-order valence-electron chi connectivity index (χ3n) is 6.24. The van der Waals surface area contributed by atoms with E-state index in [1.807, 2.05) is 60.9 Å². The van der Waals surface area contributed by atoms with Crippen molar-refractivity contribution in [1.29, 1.82) is 0 Å². The zero-order valence-corrected chi connectivity index (χ0v) is 22.1. The van der Waals surface area contributed by atoms with Crippen LogP contribution in [0.5, 0.6) is 11.5 Å². The number of benzene rings is 2. The number of rotatable bonds is 12. The summed E-state index contributed by atoms with van der Waals surface area (Å²) in [6, 6.07) is 18.7. The zero-order chi connectivity index (χ0) is 28.0. The molecule has 4 N–H and O–H groups in total. The Hall–Kier alpha value is -5.30. The molecular weight excluding hydrogens is 524 g/mol. The second kappa shape index (κ2) is 11.8. The average molecular weight is 553 g/mol. The average Bonchev–Trinajstić information content (AvgIpc) is 3.64. The van der Waals surface area contributed by atoms with Crippen molar-refractivity contribution in [2.45, 2.75) is 26.3 Å². The van der Waals surface area contributed by atoms with Gasteiger partial charge in [-0.15, -0.1) is 10.2 Å². The summed E-state index contributed by atoms with van der Waals surface area (Å²) in [5.74, 6) is 2.43. The van der Waals surface area contributed by atoms with E-state index in [0.29, 0.717) is 51.2 Å². The molecule has 2 aromatic carbocycles. The van der Waals surface area contributed by atoms with Gasteiger partial charge in [0.2, 0.25) is 0 Å². The Balaban J connectivity index is 0.896. The molecule has 0 aliphatic heterocycles. The van der Waals surface area contributed by atoms with Crippen molar-refractivity contribution in [3.8, 4) is 11.5 Å². The highest BCUT2D eigenvalue weighted by molar-refractivity contribution is 5.82. The fraction of sp³-hybridized carbons (Fsp3) is 0.214. The number of hydrogen-bond acceptors (Lipinski definition) is 11. The summed E-state index contributed by atoms with van der Waals surface area (Å²) in [5.41, 5.74) is 14.6. The summed E-state index contributed by atoms with van der Waals surface area (Å²) >= 11 is 0. The Morgan fingerprint density at radius 3 is 1.59 bits per heavy atom. The molecule has 13 nitrogen and oxygen atoms in total. The van der Waals surface area contributed by atoms with Crippen molar-refractivity contribution >= 4 is 33.4 Å². The first-order valence-electron chi connectivity index (χ1n) is 13.0. The first kappa shape index (κ1) is 26.0. The van der Waals surface area contributed by atoms with Gasteiger partial charge >= 0.3 is 0 Å². The van der Waals surface area contributed by atoms with Gasteiger partial charge in [0.1, 0.15) is 47.7 Å². The number of nitrogen functional groups attached to an aromatic ring is 2. The Kier molecular flexibility index (Phi) is 7.49. The van der Waals surface area contributed by atoms with Gasteiger partial charge in [0.05, 0.1) is 49.7 Å². The quantitative estimate of drug-likeness (QED) is 0.214. The lowest BCUT2D eigenvalue weighted by atomic mass is 10.2. The normalized spacial score (nSPS) is 11.3. The number of fused-ring (bicyclic) bond motifs is 2. The topological polar surface area (TPSA) is 167 Å². The Morgan fingerprint density at radius 2 is 1.10 bits per heavy atom. The lowest BCUT2D eigenvalue weighted by Crippen LogP contribution is -2.11. The molecule has 208 valence electrons. The van der Waals surface area contributed by atoms with Crippen molar-refractivity contribution < 1.29 is 14.2 Å². The van der Waals surface area contributed by atoms with Gasteiger partial charge in [0.15, 0.2) is 0 Å². The van der Waals surface area contributed by atoms with Crippen molar-refractivity contribution in [1.82, 2.24) is 40.0 Å². The van der Waals surface area contributed by atoms with Gasteiger partial charge in [-0.3, -0.25) is 0 Å². The molecule has 0 aliphatic rings. The van der Waals surface area contributed by atoms with Crippen LogP contribution in [0.1, 0.15) is 11.4 Å². The van der Waals surface area contributed by atoms with Crippen LogP contribution >= 0.6 is 0 Å². The molecule has 4 aromatic heterocycles. The molecule has 0 amide bonds. The second-order valence-electron chi connectivity index (χ2n) is 9.32. The highest BCUT2D eigenvalue weighted by atomic mass is 16.5. The zero-order valence-electron chi connectivity index (χ0n) is 22.1. The molecule has 0 unspecified atom stereocenters. The minimum absolute atomic E-state index is 0.306. The first-order chi connectivity index (χ1) is 20.1. The predicted molar refractivity (Wildman–Crippen MR) is 152 cm³/mol. The summed E-state index contributed by atoms with van der Waals surface area (Å²) in [6.45, 7) is 2.72. The monoisotopic (exact) mass is 552 g/mol. The molecule has 41 heavy (non-hydrogen) atoms. The number of nitrogens with two attached hydrogens (primary N) is 2. The number of aromatic nitrogens is 8. The molecule has 0 spiro atoms. The summed E-state index contributed by atoms with van der Waals surface area (Å²) in [6.07, 6.45) is 3.69. The van der Waals surface area contributed by atoms with Crippen LogP contribution in [0, 0.1) is 0 Å². The summed E-state index contributed by atoms with van der Waals surface area (Å²) in [7, 11) is 0. The molecule has 13 heteroatoms. The van der Waals surface area contributed by atoms with E-state index >= 15 is 0 Å². The SMILES string of the molecule is Nc1ccc2cc(OCc3cn(CCOCCn4cc(COc5ccc6nc(N)ccc6c5)nn4)nn3)ccc2n1. The fourth-order valence-electron chi connectivity index (χ4n) is 4.18. The van der Waals surface area contributed by atoms with Gasteiger partial charge in [-0.2, -0.15) is 0 Å². The summed E-state index contributed by atoms with van der Waals surface area (Å²) in [5, 5.41) is 18.6. The van der Waals surface area contributed by atoms with Crippen LogP contribution in [0.2, 0.25) is 0 Å². The van der Waals surface area contributed by atoms with Crippen molar-refractivity contribution in [3.05, 3.63) is 84.4 Å². The minimum atomic E-state index is 0.306. The van der Waals surface area contributed by atoms with Gasteiger partial charge in [-0.05, 0) is 60.7 Å². The Bertz CT molecular complexity index is 1650. The fourth-order valence-corrected chi connectivity index (χ4v) is 4.18. The molecule has 0 fully saturated rings. The van der Waals surface area contributed by atoms with Crippen LogP contribution in [0.15, 0.2) is 73.1 Å². The molecule has 0 aliphatic carbocycles. The number of nitrogens with zero attached hydrogens (tertiary/aromatic N) is 8. The van der Waals surface area contributed by atoms with E-state index in [1.165, 1.54) is 0 Å². The third kappa shape index (κ3) is 6.65. The van der Waals surface area contributed by atoms with Crippen molar-refractivity contribution in [2.75, 3.05) is 24.7 Å².